The lowest BCUT2D eigenvalue weighted by Crippen LogP contribution is -2.38. The van der Waals surface area contributed by atoms with Crippen LogP contribution in [0.15, 0.2) is 18.2 Å². The van der Waals surface area contributed by atoms with Crippen LogP contribution in [0.3, 0.4) is 0 Å². The normalized spacial score (nSPS) is 23.8. The number of nitrogens with one attached hydrogen (secondary N) is 1. The zero-order valence-electron chi connectivity index (χ0n) is 14.0. The lowest BCUT2D eigenvalue weighted by Gasteiger charge is -2.21. The third-order valence-corrected chi connectivity index (χ3v) is 4.78. The van der Waals surface area contributed by atoms with Gasteiger partial charge >= 0.3 is 5.97 Å². The Morgan fingerprint density at radius 3 is 2.54 bits per heavy atom. The Balaban J connectivity index is 1.79. The molecule has 1 saturated carbocycles. The van der Waals surface area contributed by atoms with E-state index in [0.717, 1.165) is 31.2 Å². The van der Waals surface area contributed by atoms with Gasteiger partial charge in [0.2, 0.25) is 5.91 Å². The van der Waals surface area contributed by atoms with Crippen LogP contribution in [-0.4, -0.2) is 32.1 Å². The van der Waals surface area contributed by atoms with Gasteiger partial charge in [-0.3, -0.25) is 9.59 Å². The molecule has 24 heavy (non-hydrogen) atoms. The van der Waals surface area contributed by atoms with E-state index in [0.29, 0.717) is 11.5 Å². The Bertz CT molecular complexity index is 624. The summed E-state index contributed by atoms with van der Waals surface area (Å²) in [7, 11) is 3.11. The fraction of sp³-hybridized carbons (Fsp3) is 0.556. The van der Waals surface area contributed by atoms with Crippen molar-refractivity contribution in [3.8, 4) is 11.5 Å². The van der Waals surface area contributed by atoms with E-state index in [2.05, 4.69) is 5.32 Å². The maximum Gasteiger partial charge on any atom is 0.307 e. The van der Waals surface area contributed by atoms with E-state index in [-0.39, 0.29) is 24.3 Å². The molecule has 1 aliphatic heterocycles. The van der Waals surface area contributed by atoms with Crippen LogP contribution in [0.5, 0.6) is 11.5 Å². The quantitative estimate of drug-likeness (QED) is 0.838. The first-order valence-corrected chi connectivity index (χ1v) is 8.34. The topological polar surface area (TPSA) is 73.9 Å². The van der Waals surface area contributed by atoms with E-state index in [4.69, 9.17) is 14.2 Å². The first-order valence-electron chi connectivity index (χ1n) is 8.34. The zero-order chi connectivity index (χ0) is 17.1. The van der Waals surface area contributed by atoms with Gasteiger partial charge in [0, 0.05) is 6.04 Å². The van der Waals surface area contributed by atoms with E-state index in [1.54, 1.807) is 32.4 Å². The monoisotopic (exact) mass is 333 g/mol. The molecule has 0 spiro atoms. The molecular formula is C18H23NO5. The number of carbonyl (C=O) groups is 2. The molecule has 1 saturated heterocycles. The molecule has 6 heteroatoms. The molecule has 1 aromatic carbocycles. The maximum absolute atomic E-state index is 12.6. The van der Waals surface area contributed by atoms with Crippen LogP contribution >= 0.6 is 0 Å². The second-order valence-electron chi connectivity index (χ2n) is 6.33. The molecule has 0 aromatic heterocycles. The highest BCUT2D eigenvalue weighted by Gasteiger charge is 2.41. The lowest BCUT2D eigenvalue weighted by molar-refractivity contribution is -0.141. The predicted octanol–water partition coefficient (Wildman–Crippen LogP) is 2.37. The molecule has 1 aliphatic carbocycles. The zero-order valence-corrected chi connectivity index (χ0v) is 14.0. The van der Waals surface area contributed by atoms with Gasteiger partial charge in [-0.2, -0.15) is 0 Å². The number of hydrogen-bond acceptors (Lipinski definition) is 5. The summed E-state index contributed by atoms with van der Waals surface area (Å²) in [5.74, 6) is 0.190. The van der Waals surface area contributed by atoms with Gasteiger partial charge in [-0.1, -0.05) is 18.9 Å². The third-order valence-electron chi connectivity index (χ3n) is 4.78. The third kappa shape index (κ3) is 3.32. The summed E-state index contributed by atoms with van der Waals surface area (Å²) in [6.07, 6.45) is 3.83. The minimum Gasteiger partial charge on any atom is -0.493 e. The van der Waals surface area contributed by atoms with Crippen LogP contribution in [0, 0.1) is 5.92 Å². The second kappa shape index (κ2) is 7.11. The van der Waals surface area contributed by atoms with Crippen molar-refractivity contribution >= 4 is 11.9 Å². The van der Waals surface area contributed by atoms with Crippen molar-refractivity contribution in [2.75, 3.05) is 14.2 Å². The van der Waals surface area contributed by atoms with Crippen molar-refractivity contribution in [1.82, 2.24) is 5.32 Å². The molecule has 1 amide bonds. The van der Waals surface area contributed by atoms with Gasteiger partial charge in [0.05, 0.1) is 26.6 Å². The van der Waals surface area contributed by atoms with Gasteiger partial charge < -0.3 is 19.5 Å². The van der Waals surface area contributed by atoms with Crippen LogP contribution in [-0.2, 0) is 14.3 Å². The molecule has 130 valence electrons. The van der Waals surface area contributed by atoms with Gasteiger partial charge in [-0.15, -0.1) is 0 Å². The second-order valence-corrected chi connectivity index (χ2v) is 6.33. The number of carbonyl (C=O) groups excluding carboxylic acids is 2. The highest BCUT2D eigenvalue weighted by atomic mass is 16.6. The van der Waals surface area contributed by atoms with Gasteiger partial charge in [0.1, 0.15) is 6.10 Å². The fourth-order valence-corrected chi connectivity index (χ4v) is 3.50. The number of hydrogen-bond donors (Lipinski definition) is 1. The molecule has 6 nitrogen and oxygen atoms in total. The molecule has 0 bridgehead atoms. The van der Waals surface area contributed by atoms with Crippen molar-refractivity contribution < 1.29 is 23.8 Å². The van der Waals surface area contributed by atoms with Crippen LogP contribution in [0.2, 0.25) is 0 Å². The molecule has 0 radical (unpaired) electrons. The van der Waals surface area contributed by atoms with Crippen molar-refractivity contribution in [1.29, 1.82) is 0 Å². The predicted molar refractivity (Wildman–Crippen MR) is 86.9 cm³/mol. The molecule has 1 N–H and O–H groups in total. The molecule has 1 aromatic rings. The number of benzene rings is 1. The summed E-state index contributed by atoms with van der Waals surface area (Å²) in [5.41, 5.74) is 0.741. The van der Waals surface area contributed by atoms with E-state index in [1.807, 2.05) is 0 Å². The molecule has 3 rings (SSSR count). The first kappa shape index (κ1) is 16.6. The Labute approximate surface area is 141 Å². The average molecular weight is 333 g/mol. The Morgan fingerprint density at radius 2 is 1.88 bits per heavy atom. The van der Waals surface area contributed by atoms with E-state index < -0.39 is 12.0 Å². The molecule has 2 fully saturated rings. The van der Waals surface area contributed by atoms with E-state index in [1.165, 1.54) is 0 Å². The molecule has 2 aliphatic rings. The van der Waals surface area contributed by atoms with Crippen molar-refractivity contribution in [2.24, 2.45) is 5.92 Å². The molecule has 2 atom stereocenters. The van der Waals surface area contributed by atoms with Crippen molar-refractivity contribution in [3.63, 3.8) is 0 Å². The SMILES string of the molecule is COc1ccc(C2OC(=O)CC2C(=O)NC2CCCC2)cc1OC. The van der Waals surface area contributed by atoms with Gasteiger partial charge in [-0.05, 0) is 30.5 Å². The molecular weight excluding hydrogens is 310 g/mol. The minimum absolute atomic E-state index is 0.104. The summed E-state index contributed by atoms with van der Waals surface area (Å²) < 4.78 is 15.9. The van der Waals surface area contributed by atoms with Gasteiger partial charge in [0.25, 0.3) is 0 Å². The van der Waals surface area contributed by atoms with Crippen LogP contribution in [0.25, 0.3) is 0 Å². The van der Waals surface area contributed by atoms with Crippen LogP contribution < -0.4 is 14.8 Å². The van der Waals surface area contributed by atoms with E-state index >= 15 is 0 Å². The largest absolute Gasteiger partial charge is 0.493 e. The van der Waals surface area contributed by atoms with Crippen LogP contribution in [0.4, 0.5) is 0 Å². The minimum atomic E-state index is -0.585. The standard InChI is InChI=1S/C18H23NO5/c1-22-14-8-7-11(9-15(14)23-2)17-13(10-16(20)24-17)18(21)19-12-5-3-4-6-12/h7-9,12-13,17H,3-6,10H2,1-2H3,(H,19,21). The Kier molecular flexibility index (Phi) is 4.92. The molecule has 1 heterocycles. The van der Waals surface area contributed by atoms with Gasteiger partial charge in [-0.25, -0.2) is 0 Å². The average Bonchev–Trinajstić information content (AvgIpc) is 3.23. The number of cyclic esters (lactones) is 1. The van der Waals surface area contributed by atoms with Crippen molar-refractivity contribution in [3.05, 3.63) is 23.8 Å². The summed E-state index contributed by atoms with van der Waals surface area (Å²) in [6.45, 7) is 0. The van der Waals surface area contributed by atoms with Gasteiger partial charge in [0.15, 0.2) is 11.5 Å². The summed E-state index contributed by atoms with van der Waals surface area (Å²) in [5, 5.41) is 3.07. The highest BCUT2D eigenvalue weighted by molar-refractivity contribution is 5.87. The maximum atomic E-state index is 12.6. The molecule has 2 unspecified atom stereocenters. The first-order chi connectivity index (χ1) is 11.6. The number of rotatable bonds is 5. The smallest absolute Gasteiger partial charge is 0.307 e. The fourth-order valence-electron chi connectivity index (χ4n) is 3.50. The Morgan fingerprint density at radius 1 is 1.17 bits per heavy atom. The summed E-state index contributed by atoms with van der Waals surface area (Å²) >= 11 is 0. The van der Waals surface area contributed by atoms with E-state index in [9.17, 15) is 9.59 Å². The number of methoxy groups -OCH3 is 2. The van der Waals surface area contributed by atoms with Crippen molar-refractivity contribution in [2.45, 2.75) is 44.2 Å². The summed E-state index contributed by atoms with van der Waals surface area (Å²) in [4.78, 5) is 24.4. The number of amides is 1. The summed E-state index contributed by atoms with van der Waals surface area (Å²) in [6, 6.07) is 5.55. The number of ether oxygens (including phenoxy) is 3. The Hall–Kier alpha value is -2.24. The number of esters is 1. The van der Waals surface area contributed by atoms with Crippen LogP contribution in [0.1, 0.15) is 43.8 Å². The lowest BCUT2D eigenvalue weighted by atomic mass is 9.93. The highest BCUT2D eigenvalue weighted by Crippen LogP contribution is 2.39.